The number of amides is 1. The van der Waals surface area contributed by atoms with Crippen molar-refractivity contribution in [2.75, 3.05) is 46.7 Å². The number of nitrogens with one attached hydrogen (secondary N) is 1. The molecule has 0 spiro atoms. The number of hydrogen-bond acceptors (Lipinski definition) is 7. The van der Waals surface area contributed by atoms with E-state index >= 15 is 4.39 Å². The van der Waals surface area contributed by atoms with Crippen molar-refractivity contribution in [1.82, 2.24) is 19.8 Å². The van der Waals surface area contributed by atoms with E-state index in [1.807, 2.05) is 37.2 Å². The number of anilines is 2. The zero-order valence-corrected chi connectivity index (χ0v) is 24.0. The van der Waals surface area contributed by atoms with Gasteiger partial charge in [0.25, 0.3) is 5.91 Å². The van der Waals surface area contributed by atoms with Gasteiger partial charge >= 0.3 is 0 Å². The highest BCUT2D eigenvalue weighted by atomic mass is 35.5. The number of nitrogens with zero attached hydrogens (tertiary/aromatic N) is 5. The Bertz CT molecular complexity index is 1620. The summed E-state index contributed by atoms with van der Waals surface area (Å²) in [6, 6.07) is 17.3. The molecule has 1 aromatic heterocycles. The molecule has 5 rings (SSSR count). The lowest BCUT2D eigenvalue weighted by atomic mass is 9.94. The maximum absolute atomic E-state index is 15.1. The van der Waals surface area contributed by atoms with Crippen LogP contribution in [0, 0.1) is 5.82 Å². The van der Waals surface area contributed by atoms with Crippen molar-refractivity contribution < 1.29 is 13.9 Å². The maximum Gasteiger partial charge on any atom is 0.253 e. The smallest absolute Gasteiger partial charge is 0.253 e. The molecule has 2 heterocycles. The fourth-order valence-electron chi connectivity index (χ4n) is 4.60. The predicted octanol–water partition coefficient (Wildman–Crippen LogP) is 5.67. The second-order valence-electron chi connectivity index (χ2n) is 9.97. The molecule has 0 unspecified atom stereocenters. The Balaban J connectivity index is 1.44. The summed E-state index contributed by atoms with van der Waals surface area (Å²) in [6.07, 6.45) is 1.71. The molecule has 0 saturated heterocycles. The summed E-state index contributed by atoms with van der Waals surface area (Å²) in [5.74, 6) is 0.259. The molecule has 4 aromatic rings. The first-order valence-electron chi connectivity index (χ1n) is 13.1. The number of ether oxygens (including phenoxy) is 1. The number of hydrogen-bond donors (Lipinski definition) is 1. The van der Waals surface area contributed by atoms with E-state index in [0.29, 0.717) is 45.8 Å². The maximum atomic E-state index is 15.1. The van der Waals surface area contributed by atoms with E-state index in [-0.39, 0.29) is 18.0 Å². The normalized spacial score (nSPS) is 12.2. The van der Waals surface area contributed by atoms with Crippen molar-refractivity contribution in [3.63, 3.8) is 0 Å². The quantitative estimate of drug-likeness (QED) is 0.293. The Labute approximate surface area is 243 Å². The fraction of sp³-hybridized carbons (Fsp3) is 0.226. The molecule has 0 aliphatic carbocycles. The first kappa shape index (κ1) is 28.2. The van der Waals surface area contributed by atoms with E-state index in [9.17, 15) is 4.79 Å². The van der Waals surface area contributed by atoms with Crippen LogP contribution < -0.4 is 10.1 Å². The van der Waals surface area contributed by atoms with E-state index in [2.05, 4.69) is 10.3 Å². The van der Waals surface area contributed by atoms with E-state index in [4.69, 9.17) is 26.3 Å². The summed E-state index contributed by atoms with van der Waals surface area (Å²) < 4.78 is 20.6. The van der Waals surface area contributed by atoms with E-state index < -0.39 is 5.82 Å². The minimum Gasteiger partial charge on any atom is -0.496 e. The SMILES string of the molecule is COc1cccc(F)c1C1=NCc2cnc(Nc3ccc(C(=O)N(C)CCN(C)C)cc3)nc2-c2ccc(Cl)cc21. The average molecular weight is 573 g/mol. The number of carbonyl (C=O) groups excluding carboxylic acids is 1. The average Bonchev–Trinajstić information content (AvgIpc) is 3.12. The van der Waals surface area contributed by atoms with Crippen LogP contribution in [0.2, 0.25) is 5.02 Å². The van der Waals surface area contributed by atoms with Gasteiger partial charge in [0.05, 0.1) is 30.6 Å². The molecule has 0 bridgehead atoms. The van der Waals surface area contributed by atoms with Crippen LogP contribution >= 0.6 is 11.6 Å². The number of rotatable bonds is 8. The van der Waals surface area contributed by atoms with Crippen molar-refractivity contribution in [2.24, 2.45) is 4.99 Å². The van der Waals surface area contributed by atoms with Gasteiger partial charge in [-0.15, -0.1) is 0 Å². The number of aliphatic imine (C=N–C) groups is 1. The van der Waals surface area contributed by atoms with Crippen LogP contribution in [-0.4, -0.2) is 72.7 Å². The molecule has 0 radical (unpaired) electrons. The van der Waals surface area contributed by atoms with Crippen LogP contribution in [0.3, 0.4) is 0 Å². The summed E-state index contributed by atoms with van der Waals surface area (Å²) in [5, 5.41) is 3.72. The second-order valence-corrected chi connectivity index (χ2v) is 10.4. The van der Waals surface area contributed by atoms with Crippen molar-refractivity contribution in [3.05, 3.63) is 100.0 Å². The van der Waals surface area contributed by atoms with Gasteiger partial charge < -0.3 is 19.9 Å². The van der Waals surface area contributed by atoms with Gasteiger partial charge in [0.2, 0.25) is 5.95 Å². The van der Waals surface area contributed by atoms with Gasteiger partial charge in [-0.1, -0.05) is 23.7 Å². The molecular weight excluding hydrogens is 543 g/mol. The number of fused-ring (bicyclic) bond motifs is 3. The molecular formula is C31H30ClFN6O2. The third kappa shape index (κ3) is 6.06. The summed E-state index contributed by atoms with van der Waals surface area (Å²) >= 11 is 6.39. The minimum atomic E-state index is -0.445. The lowest BCUT2D eigenvalue weighted by molar-refractivity contribution is 0.0786. The highest BCUT2D eigenvalue weighted by molar-refractivity contribution is 6.31. The number of carbonyl (C=O) groups is 1. The third-order valence-corrected chi connectivity index (χ3v) is 7.05. The van der Waals surface area contributed by atoms with Gasteiger partial charge in [0, 0.05) is 59.3 Å². The van der Waals surface area contributed by atoms with Gasteiger partial charge in [-0.25, -0.2) is 14.4 Å². The fourth-order valence-corrected chi connectivity index (χ4v) is 4.77. The summed E-state index contributed by atoms with van der Waals surface area (Å²) in [5.41, 5.74) is 4.86. The lowest BCUT2D eigenvalue weighted by Crippen LogP contribution is -2.33. The molecule has 1 N–H and O–H groups in total. The number of halogens is 2. The molecule has 1 amide bonds. The summed E-state index contributed by atoms with van der Waals surface area (Å²) in [4.78, 5) is 30.6. The number of benzene rings is 3. The van der Waals surface area contributed by atoms with Crippen molar-refractivity contribution in [1.29, 1.82) is 0 Å². The molecule has 3 aromatic carbocycles. The van der Waals surface area contributed by atoms with E-state index in [1.54, 1.807) is 54.5 Å². The Morgan fingerprint density at radius 2 is 1.83 bits per heavy atom. The molecule has 1 aliphatic rings. The summed E-state index contributed by atoms with van der Waals surface area (Å²) in [6.45, 7) is 1.66. The second kappa shape index (κ2) is 12.0. The van der Waals surface area contributed by atoms with Crippen molar-refractivity contribution in [3.8, 4) is 17.0 Å². The van der Waals surface area contributed by atoms with Crippen LogP contribution in [0.25, 0.3) is 11.3 Å². The molecule has 0 saturated carbocycles. The zero-order chi connectivity index (χ0) is 29.1. The molecule has 1 aliphatic heterocycles. The molecule has 41 heavy (non-hydrogen) atoms. The Hall–Kier alpha value is -4.34. The molecule has 0 fully saturated rings. The van der Waals surface area contributed by atoms with Gasteiger partial charge in [0.15, 0.2) is 0 Å². The molecule has 10 heteroatoms. The number of methoxy groups -OCH3 is 1. The Kier molecular flexibility index (Phi) is 8.28. The summed E-state index contributed by atoms with van der Waals surface area (Å²) in [7, 11) is 7.24. The largest absolute Gasteiger partial charge is 0.496 e. The standard InChI is InChI=1S/C31H30ClFN6O2/c1-38(2)14-15-39(3)30(40)19-8-11-22(12-9-19)36-31-35-18-20-17-34-29(27-25(33)6-5-7-26(27)41-4)24-16-21(32)10-13-23(24)28(20)37-31/h5-13,16,18H,14-15,17H2,1-4H3,(H,35,36,37). The molecule has 0 atom stereocenters. The predicted molar refractivity (Wildman–Crippen MR) is 160 cm³/mol. The van der Waals surface area contributed by atoms with Gasteiger partial charge in [-0.3, -0.25) is 9.79 Å². The van der Waals surface area contributed by atoms with E-state index in [1.165, 1.54) is 13.2 Å². The first-order chi connectivity index (χ1) is 19.7. The Morgan fingerprint density at radius 3 is 2.56 bits per heavy atom. The first-order valence-corrected chi connectivity index (χ1v) is 13.4. The van der Waals surface area contributed by atoms with E-state index in [0.717, 1.165) is 23.4 Å². The topological polar surface area (TPSA) is 83.0 Å². The van der Waals surface area contributed by atoms with Gasteiger partial charge in [0.1, 0.15) is 11.6 Å². The Morgan fingerprint density at radius 1 is 1.05 bits per heavy atom. The number of likely N-dealkylation sites (N-methyl/N-ethyl adjacent to an activating group) is 2. The third-order valence-electron chi connectivity index (χ3n) is 6.81. The van der Waals surface area contributed by atoms with Crippen LogP contribution in [-0.2, 0) is 6.54 Å². The van der Waals surface area contributed by atoms with Crippen LogP contribution in [0.1, 0.15) is 27.0 Å². The van der Waals surface area contributed by atoms with Crippen LogP contribution in [0.4, 0.5) is 16.0 Å². The van der Waals surface area contributed by atoms with Crippen molar-refractivity contribution >= 4 is 34.9 Å². The van der Waals surface area contributed by atoms with Crippen molar-refractivity contribution in [2.45, 2.75) is 6.54 Å². The lowest BCUT2D eigenvalue weighted by Gasteiger charge is -2.19. The van der Waals surface area contributed by atoms with Gasteiger partial charge in [-0.05, 0) is 62.6 Å². The van der Waals surface area contributed by atoms with Crippen LogP contribution in [0.5, 0.6) is 5.75 Å². The zero-order valence-electron chi connectivity index (χ0n) is 23.3. The van der Waals surface area contributed by atoms with Crippen LogP contribution in [0.15, 0.2) is 71.9 Å². The monoisotopic (exact) mass is 572 g/mol. The highest BCUT2D eigenvalue weighted by Crippen LogP contribution is 2.36. The number of aromatic nitrogens is 2. The molecule has 8 nitrogen and oxygen atoms in total. The highest BCUT2D eigenvalue weighted by Gasteiger charge is 2.25. The molecule has 210 valence electrons. The minimum absolute atomic E-state index is 0.0442. The van der Waals surface area contributed by atoms with Gasteiger partial charge in [-0.2, -0.15) is 0 Å².